The number of hydrogen-bond donors (Lipinski definition) is 1. The van der Waals surface area contributed by atoms with Crippen LogP contribution in [0.4, 0.5) is 5.69 Å². The Labute approximate surface area is 171 Å². The monoisotopic (exact) mass is 418 g/mol. The quantitative estimate of drug-likeness (QED) is 0.731. The SMILES string of the molecule is CC1CCN(S(=O)(=O)c2ccc(NC(=O)/C=C/c3ccc(Cl)cc3)cc2)CC1. The van der Waals surface area contributed by atoms with Crippen molar-refractivity contribution in [2.24, 2.45) is 5.92 Å². The van der Waals surface area contributed by atoms with Gasteiger partial charge in [0.25, 0.3) is 0 Å². The van der Waals surface area contributed by atoms with Crippen molar-refractivity contribution in [3.63, 3.8) is 0 Å². The number of hydrogen-bond acceptors (Lipinski definition) is 3. The summed E-state index contributed by atoms with van der Waals surface area (Å²) in [5, 5.41) is 3.36. The van der Waals surface area contributed by atoms with Crippen molar-refractivity contribution >= 4 is 39.3 Å². The Morgan fingerprint density at radius 3 is 2.29 bits per heavy atom. The highest BCUT2D eigenvalue weighted by atomic mass is 35.5. The van der Waals surface area contributed by atoms with E-state index in [2.05, 4.69) is 12.2 Å². The third-order valence-electron chi connectivity index (χ3n) is 4.80. The predicted octanol–water partition coefficient (Wildman–Crippen LogP) is 4.41. The number of carbonyl (C=O) groups excluding carboxylic acids is 1. The van der Waals surface area contributed by atoms with Gasteiger partial charge in [0.2, 0.25) is 15.9 Å². The highest BCUT2D eigenvalue weighted by molar-refractivity contribution is 7.89. The van der Waals surface area contributed by atoms with Crippen LogP contribution in [0.3, 0.4) is 0 Å². The third-order valence-corrected chi connectivity index (χ3v) is 6.96. The van der Waals surface area contributed by atoms with Gasteiger partial charge in [-0.1, -0.05) is 30.7 Å². The highest BCUT2D eigenvalue weighted by Crippen LogP contribution is 2.24. The Morgan fingerprint density at radius 2 is 1.68 bits per heavy atom. The molecular weight excluding hydrogens is 396 g/mol. The van der Waals surface area contributed by atoms with Crippen molar-refractivity contribution in [2.75, 3.05) is 18.4 Å². The molecule has 3 rings (SSSR count). The smallest absolute Gasteiger partial charge is 0.248 e. The van der Waals surface area contributed by atoms with E-state index in [4.69, 9.17) is 11.6 Å². The number of carbonyl (C=O) groups is 1. The molecule has 1 heterocycles. The van der Waals surface area contributed by atoms with Crippen LogP contribution in [-0.2, 0) is 14.8 Å². The number of benzene rings is 2. The van der Waals surface area contributed by atoms with Crippen molar-refractivity contribution in [3.8, 4) is 0 Å². The number of sulfonamides is 1. The van der Waals surface area contributed by atoms with Gasteiger partial charge in [0.05, 0.1) is 4.90 Å². The number of amides is 1. The van der Waals surface area contributed by atoms with E-state index in [-0.39, 0.29) is 10.8 Å². The van der Waals surface area contributed by atoms with Crippen LogP contribution in [-0.4, -0.2) is 31.7 Å². The second kappa shape index (κ2) is 8.90. The summed E-state index contributed by atoms with van der Waals surface area (Å²) >= 11 is 5.83. The molecule has 1 aliphatic rings. The topological polar surface area (TPSA) is 66.5 Å². The minimum atomic E-state index is -3.48. The molecule has 0 spiro atoms. The summed E-state index contributed by atoms with van der Waals surface area (Å²) in [7, 11) is -3.48. The van der Waals surface area contributed by atoms with Gasteiger partial charge < -0.3 is 5.32 Å². The van der Waals surface area contributed by atoms with Gasteiger partial charge in [-0.05, 0) is 66.8 Å². The van der Waals surface area contributed by atoms with Gasteiger partial charge in [-0.15, -0.1) is 0 Å². The first-order valence-corrected chi connectivity index (χ1v) is 11.0. The van der Waals surface area contributed by atoms with E-state index in [1.807, 2.05) is 12.1 Å². The molecule has 0 aliphatic carbocycles. The normalized spacial score (nSPS) is 16.4. The summed E-state index contributed by atoms with van der Waals surface area (Å²) in [4.78, 5) is 12.3. The number of anilines is 1. The van der Waals surface area contributed by atoms with Gasteiger partial charge in [-0.3, -0.25) is 4.79 Å². The van der Waals surface area contributed by atoms with Crippen LogP contribution < -0.4 is 5.32 Å². The van der Waals surface area contributed by atoms with Crippen LogP contribution in [0, 0.1) is 5.92 Å². The fraction of sp³-hybridized carbons (Fsp3) is 0.286. The first kappa shape index (κ1) is 20.6. The summed E-state index contributed by atoms with van der Waals surface area (Å²) in [6, 6.07) is 13.4. The molecule has 2 aromatic rings. The lowest BCUT2D eigenvalue weighted by Crippen LogP contribution is -2.37. The Kier molecular flexibility index (Phi) is 6.54. The Balaban J connectivity index is 1.62. The van der Waals surface area contributed by atoms with E-state index in [0.29, 0.717) is 29.7 Å². The summed E-state index contributed by atoms with van der Waals surface area (Å²) in [5.74, 6) is 0.264. The Morgan fingerprint density at radius 1 is 1.07 bits per heavy atom. The molecule has 0 radical (unpaired) electrons. The molecule has 5 nitrogen and oxygen atoms in total. The van der Waals surface area contributed by atoms with Crippen molar-refractivity contribution in [3.05, 3.63) is 65.2 Å². The summed E-state index contributed by atoms with van der Waals surface area (Å²) in [6.07, 6.45) is 4.87. The van der Waals surface area contributed by atoms with Crippen molar-refractivity contribution < 1.29 is 13.2 Å². The minimum Gasteiger partial charge on any atom is -0.323 e. The fourth-order valence-electron chi connectivity index (χ4n) is 3.01. The van der Waals surface area contributed by atoms with Gasteiger partial charge >= 0.3 is 0 Å². The molecule has 1 fully saturated rings. The van der Waals surface area contributed by atoms with Gasteiger partial charge in [0.15, 0.2) is 0 Å². The van der Waals surface area contributed by atoms with Crippen LogP contribution >= 0.6 is 11.6 Å². The number of piperidine rings is 1. The molecule has 2 aromatic carbocycles. The summed E-state index contributed by atoms with van der Waals surface area (Å²) in [6.45, 7) is 3.25. The molecule has 1 aliphatic heterocycles. The fourth-order valence-corrected chi connectivity index (χ4v) is 4.61. The molecule has 0 atom stereocenters. The van der Waals surface area contributed by atoms with Crippen molar-refractivity contribution in [2.45, 2.75) is 24.7 Å². The number of nitrogens with one attached hydrogen (secondary N) is 1. The van der Waals surface area contributed by atoms with E-state index in [9.17, 15) is 13.2 Å². The van der Waals surface area contributed by atoms with Gasteiger partial charge in [-0.2, -0.15) is 4.31 Å². The molecule has 0 aromatic heterocycles. The molecule has 148 valence electrons. The Hall–Kier alpha value is -2.15. The van der Waals surface area contributed by atoms with E-state index in [1.165, 1.54) is 22.5 Å². The average Bonchev–Trinajstić information content (AvgIpc) is 2.68. The Bertz CT molecular complexity index is 946. The van der Waals surface area contributed by atoms with Crippen LogP contribution in [0.5, 0.6) is 0 Å². The molecular formula is C21H23ClN2O3S. The van der Waals surface area contributed by atoms with Crippen LogP contribution in [0.25, 0.3) is 6.08 Å². The molecule has 7 heteroatoms. The molecule has 1 amide bonds. The van der Waals surface area contributed by atoms with E-state index in [1.54, 1.807) is 30.3 Å². The number of halogens is 1. The average molecular weight is 419 g/mol. The van der Waals surface area contributed by atoms with E-state index >= 15 is 0 Å². The second-order valence-electron chi connectivity index (χ2n) is 6.99. The molecule has 0 saturated carbocycles. The lowest BCUT2D eigenvalue weighted by Gasteiger charge is -2.29. The molecule has 1 saturated heterocycles. The number of nitrogens with zero attached hydrogens (tertiary/aromatic N) is 1. The van der Waals surface area contributed by atoms with E-state index < -0.39 is 10.0 Å². The maximum atomic E-state index is 12.7. The molecule has 1 N–H and O–H groups in total. The first-order valence-electron chi connectivity index (χ1n) is 9.19. The van der Waals surface area contributed by atoms with Gasteiger partial charge in [0, 0.05) is 29.9 Å². The maximum absolute atomic E-state index is 12.7. The van der Waals surface area contributed by atoms with Crippen LogP contribution in [0.2, 0.25) is 5.02 Å². The largest absolute Gasteiger partial charge is 0.323 e. The summed E-state index contributed by atoms with van der Waals surface area (Å²) < 4.78 is 27.0. The third kappa shape index (κ3) is 5.22. The summed E-state index contributed by atoms with van der Waals surface area (Å²) in [5.41, 5.74) is 1.40. The second-order valence-corrected chi connectivity index (χ2v) is 9.36. The number of rotatable bonds is 5. The van der Waals surface area contributed by atoms with E-state index in [0.717, 1.165) is 18.4 Å². The zero-order valence-corrected chi connectivity index (χ0v) is 17.2. The minimum absolute atomic E-state index is 0.247. The zero-order valence-electron chi connectivity index (χ0n) is 15.6. The standard InChI is InChI=1S/C21H23ClN2O3S/c1-16-12-14-24(15-13-16)28(26,27)20-9-7-19(8-10-20)23-21(25)11-4-17-2-5-18(22)6-3-17/h2-11,16H,12-15H2,1H3,(H,23,25)/b11-4+. The molecule has 28 heavy (non-hydrogen) atoms. The predicted molar refractivity (Wildman–Crippen MR) is 113 cm³/mol. The lowest BCUT2D eigenvalue weighted by molar-refractivity contribution is -0.111. The van der Waals surface area contributed by atoms with Crippen LogP contribution in [0.15, 0.2) is 59.5 Å². The maximum Gasteiger partial charge on any atom is 0.248 e. The first-order chi connectivity index (χ1) is 13.3. The van der Waals surface area contributed by atoms with Crippen molar-refractivity contribution in [1.82, 2.24) is 4.31 Å². The van der Waals surface area contributed by atoms with Crippen LogP contribution in [0.1, 0.15) is 25.3 Å². The van der Waals surface area contributed by atoms with Crippen molar-refractivity contribution in [1.29, 1.82) is 0 Å². The van der Waals surface area contributed by atoms with Gasteiger partial charge in [0.1, 0.15) is 0 Å². The highest BCUT2D eigenvalue weighted by Gasteiger charge is 2.27. The lowest BCUT2D eigenvalue weighted by atomic mass is 10.0. The zero-order chi connectivity index (χ0) is 20.1. The molecule has 0 bridgehead atoms. The van der Waals surface area contributed by atoms with Gasteiger partial charge in [-0.25, -0.2) is 8.42 Å². The molecule has 0 unspecified atom stereocenters.